The molecule has 0 saturated carbocycles. The standard InChI is InChI=1S/C81H146O17P2/c1-5-9-13-17-21-25-29-32-35-36-37-38-41-43-47-50-54-58-62-66-79(84)92-72-77(98-81(86)68-64-60-56-52-48-44-40-34-31-27-23-19-15-11-7-3)74-96-100(89,90)94-70-75(82)69-93-99(87,88)95-73-76(97-80(85)67-63-59-55-51-45-28-24-20-16-12-8-4)71-91-78(83)65-61-57-53-49-46-42-39-33-30-26-22-18-14-10-6-2/h9,13,21,23,25,27,32,34-35,37-38,40,75-77,82H,5-8,10-12,14-20,22,24,26,28-31,33,36,39,41-74H2,1-4H3,(H,87,88)(H,89,90)/b13-9-,25-21-,27-23-,35-32-,38-37-,40-34-. The summed E-state index contributed by atoms with van der Waals surface area (Å²) in [6.45, 7) is 4.76. The number of esters is 4. The van der Waals surface area contributed by atoms with Gasteiger partial charge in [0.15, 0.2) is 12.2 Å². The Balaban J connectivity index is 5.31. The van der Waals surface area contributed by atoms with Gasteiger partial charge in [-0.05, 0) is 96.3 Å². The Hall–Kier alpha value is -3.50. The molecule has 0 aliphatic carbocycles. The number of allylic oxidation sites excluding steroid dienone is 12. The van der Waals surface area contributed by atoms with Crippen LogP contribution in [0.3, 0.4) is 0 Å². The summed E-state index contributed by atoms with van der Waals surface area (Å²) >= 11 is 0. The number of rotatable bonds is 76. The Labute approximate surface area is 609 Å². The van der Waals surface area contributed by atoms with Crippen molar-refractivity contribution in [3.8, 4) is 0 Å². The van der Waals surface area contributed by atoms with Gasteiger partial charge in [-0.1, -0.05) is 312 Å². The van der Waals surface area contributed by atoms with Crippen LogP contribution in [0.4, 0.5) is 0 Å². The Morgan fingerprint density at radius 3 is 0.820 bits per heavy atom. The highest BCUT2D eigenvalue weighted by Gasteiger charge is 2.30. The number of aliphatic hydroxyl groups excluding tert-OH is 1. The van der Waals surface area contributed by atoms with Gasteiger partial charge in [-0.15, -0.1) is 0 Å². The molecule has 0 spiro atoms. The Kier molecular flexibility index (Phi) is 71.2. The highest BCUT2D eigenvalue weighted by Crippen LogP contribution is 2.45. The molecule has 100 heavy (non-hydrogen) atoms. The van der Waals surface area contributed by atoms with Gasteiger partial charge in [-0.3, -0.25) is 37.3 Å². The average molecular weight is 1450 g/mol. The number of phosphoric ester groups is 2. The Morgan fingerprint density at radius 1 is 0.290 bits per heavy atom. The number of unbranched alkanes of at least 4 members (excludes halogenated alkanes) is 38. The zero-order valence-electron chi connectivity index (χ0n) is 63.6. The van der Waals surface area contributed by atoms with Crippen LogP contribution in [0.15, 0.2) is 72.9 Å². The van der Waals surface area contributed by atoms with E-state index in [0.717, 1.165) is 154 Å². The zero-order chi connectivity index (χ0) is 73.2. The van der Waals surface area contributed by atoms with Crippen LogP contribution in [-0.4, -0.2) is 96.7 Å². The molecular weight excluding hydrogens is 1310 g/mol. The molecular formula is C81H146O17P2. The number of aliphatic hydroxyl groups is 1. The molecule has 17 nitrogen and oxygen atoms in total. The fourth-order valence-electron chi connectivity index (χ4n) is 11.1. The van der Waals surface area contributed by atoms with Crippen molar-refractivity contribution in [3.05, 3.63) is 72.9 Å². The van der Waals surface area contributed by atoms with E-state index in [9.17, 15) is 43.2 Å². The van der Waals surface area contributed by atoms with Crippen molar-refractivity contribution in [1.29, 1.82) is 0 Å². The summed E-state index contributed by atoms with van der Waals surface area (Å²) in [5.74, 6) is -2.17. The van der Waals surface area contributed by atoms with Crippen molar-refractivity contribution < 1.29 is 80.2 Å². The minimum Gasteiger partial charge on any atom is -0.462 e. The zero-order valence-corrected chi connectivity index (χ0v) is 65.4. The molecule has 0 rings (SSSR count). The molecule has 19 heteroatoms. The van der Waals surface area contributed by atoms with Gasteiger partial charge in [0, 0.05) is 25.7 Å². The number of carbonyl (C=O) groups is 4. The van der Waals surface area contributed by atoms with Crippen molar-refractivity contribution in [3.63, 3.8) is 0 Å². The molecule has 0 saturated heterocycles. The smallest absolute Gasteiger partial charge is 0.462 e. The minimum absolute atomic E-state index is 0.0780. The van der Waals surface area contributed by atoms with E-state index in [1.807, 2.05) is 0 Å². The number of carbonyl (C=O) groups excluding carboxylic acids is 4. The predicted octanol–water partition coefficient (Wildman–Crippen LogP) is 23.2. The summed E-state index contributed by atoms with van der Waals surface area (Å²) in [5, 5.41) is 10.6. The summed E-state index contributed by atoms with van der Waals surface area (Å²) < 4.78 is 68.6. The lowest BCUT2D eigenvalue weighted by Gasteiger charge is -2.21. The molecule has 0 aromatic heterocycles. The minimum atomic E-state index is -4.98. The van der Waals surface area contributed by atoms with E-state index in [1.54, 1.807) is 0 Å². The maximum atomic E-state index is 13.1. The normalized spacial score (nSPS) is 14.3. The van der Waals surface area contributed by atoms with Crippen molar-refractivity contribution in [2.45, 2.75) is 380 Å². The second-order valence-electron chi connectivity index (χ2n) is 27.0. The number of ether oxygens (including phenoxy) is 4. The quantitative estimate of drug-likeness (QED) is 0.0169. The maximum absolute atomic E-state index is 13.1. The largest absolute Gasteiger partial charge is 0.472 e. The molecule has 5 unspecified atom stereocenters. The van der Waals surface area contributed by atoms with Crippen molar-refractivity contribution in [1.82, 2.24) is 0 Å². The maximum Gasteiger partial charge on any atom is 0.472 e. The SMILES string of the molecule is CC/C=C\C/C=C\C/C=C\C/C=C\CCCCCCCCC(=O)OCC(COP(=O)(O)OCC(O)COP(=O)(O)OCC(COC(=O)CCCCCCCCCCCCCCCCC)OC(=O)CCCCCCCCCCCCC)OC(=O)CCCCCCC/C=C\C/C=C\CCCCC. The lowest BCUT2D eigenvalue weighted by atomic mass is 10.0. The third-order valence-corrected chi connectivity index (χ3v) is 19.1. The van der Waals surface area contributed by atoms with Gasteiger partial charge in [0.1, 0.15) is 19.3 Å². The lowest BCUT2D eigenvalue weighted by Crippen LogP contribution is -2.30. The van der Waals surface area contributed by atoms with Gasteiger partial charge in [0.05, 0.1) is 26.4 Å². The fraction of sp³-hybridized carbons (Fsp3) is 0.802. The van der Waals surface area contributed by atoms with Crippen LogP contribution in [0.25, 0.3) is 0 Å². The third kappa shape index (κ3) is 72.8. The molecule has 0 radical (unpaired) electrons. The first-order valence-corrected chi connectivity index (χ1v) is 43.2. The van der Waals surface area contributed by atoms with Crippen LogP contribution in [0.1, 0.15) is 362 Å². The van der Waals surface area contributed by atoms with E-state index in [4.69, 9.17) is 37.0 Å². The van der Waals surface area contributed by atoms with Crippen molar-refractivity contribution in [2.75, 3.05) is 39.6 Å². The first-order valence-electron chi connectivity index (χ1n) is 40.2. The summed E-state index contributed by atoms with van der Waals surface area (Å²) in [7, 11) is -9.94. The number of hydrogen-bond acceptors (Lipinski definition) is 15. The van der Waals surface area contributed by atoms with Crippen LogP contribution in [0.2, 0.25) is 0 Å². The van der Waals surface area contributed by atoms with Gasteiger partial charge in [0.25, 0.3) is 0 Å². The lowest BCUT2D eigenvalue weighted by molar-refractivity contribution is -0.161. The molecule has 0 aromatic carbocycles. The van der Waals surface area contributed by atoms with Gasteiger partial charge in [-0.2, -0.15) is 0 Å². The first-order chi connectivity index (χ1) is 48.7. The second-order valence-corrected chi connectivity index (χ2v) is 29.9. The molecule has 0 amide bonds. The topological polar surface area (TPSA) is 237 Å². The monoisotopic (exact) mass is 1450 g/mol. The van der Waals surface area contributed by atoms with E-state index in [1.165, 1.54) is 128 Å². The van der Waals surface area contributed by atoms with Crippen molar-refractivity contribution >= 4 is 39.5 Å². The van der Waals surface area contributed by atoms with Gasteiger partial charge in [0.2, 0.25) is 0 Å². The molecule has 0 aliphatic rings. The molecule has 5 atom stereocenters. The molecule has 582 valence electrons. The Morgan fingerprint density at radius 2 is 0.520 bits per heavy atom. The molecule has 3 N–H and O–H groups in total. The third-order valence-electron chi connectivity index (χ3n) is 17.2. The molecule has 0 aliphatic heterocycles. The van der Waals surface area contributed by atoms with E-state index in [-0.39, 0.29) is 25.7 Å². The highest BCUT2D eigenvalue weighted by atomic mass is 31.2. The summed E-state index contributed by atoms with van der Waals surface area (Å²) in [6.07, 6.45) is 74.5. The molecule has 0 fully saturated rings. The van der Waals surface area contributed by atoms with Crippen LogP contribution >= 0.6 is 15.6 Å². The van der Waals surface area contributed by atoms with Gasteiger partial charge in [-0.25, -0.2) is 9.13 Å². The number of hydrogen-bond donors (Lipinski definition) is 3. The summed E-state index contributed by atoms with van der Waals surface area (Å²) in [5.41, 5.74) is 0. The predicted molar refractivity (Wildman–Crippen MR) is 409 cm³/mol. The van der Waals surface area contributed by atoms with Crippen LogP contribution < -0.4 is 0 Å². The summed E-state index contributed by atoms with van der Waals surface area (Å²) in [4.78, 5) is 72.9. The van der Waals surface area contributed by atoms with E-state index < -0.39 is 97.5 Å². The number of phosphoric acid groups is 2. The van der Waals surface area contributed by atoms with Gasteiger partial charge < -0.3 is 33.8 Å². The molecule has 0 bridgehead atoms. The fourth-order valence-corrected chi connectivity index (χ4v) is 12.6. The average Bonchev–Trinajstić information content (AvgIpc) is 0.985. The first kappa shape index (κ1) is 96.5. The van der Waals surface area contributed by atoms with Crippen molar-refractivity contribution in [2.24, 2.45) is 0 Å². The second kappa shape index (κ2) is 73.8. The Bertz CT molecular complexity index is 2180. The van der Waals surface area contributed by atoms with Crippen LogP contribution in [0.5, 0.6) is 0 Å². The van der Waals surface area contributed by atoms with Gasteiger partial charge >= 0.3 is 39.5 Å². The van der Waals surface area contributed by atoms with E-state index in [2.05, 4.69) is 101 Å². The van der Waals surface area contributed by atoms with Crippen LogP contribution in [0, 0.1) is 0 Å². The van der Waals surface area contributed by atoms with E-state index in [0.29, 0.717) is 25.7 Å². The molecule has 0 heterocycles. The summed E-state index contributed by atoms with van der Waals surface area (Å²) in [6, 6.07) is 0. The highest BCUT2D eigenvalue weighted by molar-refractivity contribution is 7.47. The van der Waals surface area contributed by atoms with E-state index >= 15 is 0 Å². The van der Waals surface area contributed by atoms with Crippen LogP contribution in [-0.2, 0) is 65.4 Å². The molecule has 0 aromatic rings.